The number of nitrogens with one attached hydrogen (secondary N) is 1. The molecule has 0 aromatic heterocycles. The molecule has 1 N–H and O–H groups in total. The van der Waals surface area contributed by atoms with E-state index in [-0.39, 0.29) is 23.9 Å². The molecular weight excluding hydrogens is 481 g/mol. The normalized spacial score (nSPS) is 24.1. The number of ether oxygens (including phenoxy) is 2. The smallest absolute Gasteiger partial charge is 0.410 e. The minimum Gasteiger partial charge on any atom is -0.485 e. The lowest BCUT2D eigenvalue weighted by Crippen LogP contribution is -2.57. The summed E-state index contributed by atoms with van der Waals surface area (Å²) in [7, 11) is 0. The van der Waals surface area contributed by atoms with E-state index in [0.29, 0.717) is 29.2 Å². The topological polar surface area (TPSA) is 74.6 Å². The van der Waals surface area contributed by atoms with Gasteiger partial charge >= 0.3 is 6.09 Å². The number of piperidine rings is 1. The summed E-state index contributed by atoms with van der Waals surface area (Å²) in [6, 6.07) is 13.5. The van der Waals surface area contributed by atoms with Crippen LogP contribution in [-0.4, -0.2) is 47.9 Å². The van der Waals surface area contributed by atoms with Crippen molar-refractivity contribution in [2.45, 2.75) is 76.2 Å². The summed E-state index contributed by atoms with van der Waals surface area (Å²) < 4.78 is 26.4. The lowest BCUT2D eigenvalue weighted by atomic mass is 9.97. The van der Waals surface area contributed by atoms with Crippen molar-refractivity contribution in [3.05, 3.63) is 64.4 Å². The van der Waals surface area contributed by atoms with Gasteiger partial charge in [-0.1, -0.05) is 23.7 Å². The van der Waals surface area contributed by atoms with Gasteiger partial charge in [-0.05, 0) is 94.8 Å². The summed E-state index contributed by atoms with van der Waals surface area (Å²) in [5, 5.41) is 12.8. The molecule has 6 nitrogen and oxygen atoms in total. The molecule has 36 heavy (non-hydrogen) atoms. The van der Waals surface area contributed by atoms with Gasteiger partial charge in [0.25, 0.3) is 0 Å². The van der Waals surface area contributed by atoms with Gasteiger partial charge in [-0.15, -0.1) is 0 Å². The minimum absolute atomic E-state index is 0.0407. The van der Waals surface area contributed by atoms with Crippen LogP contribution in [0.2, 0.25) is 5.02 Å². The van der Waals surface area contributed by atoms with E-state index in [0.717, 1.165) is 31.5 Å². The summed E-state index contributed by atoms with van der Waals surface area (Å²) in [6.07, 6.45) is 1.57. The second-order valence-electron chi connectivity index (χ2n) is 10.6. The maximum Gasteiger partial charge on any atom is 0.410 e. The number of nitrogens with zero attached hydrogens (tertiary/aromatic N) is 2. The molecule has 1 saturated carbocycles. The molecule has 4 atom stereocenters. The van der Waals surface area contributed by atoms with Crippen molar-refractivity contribution in [1.29, 1.82) is 5.26 Å². The Balaban J connectivity index is 1.58. The molecule has 2 fully saturated rings. The lowest BCUT2D eigenvalue weighted by molar-refractivity contribution is -0.0131. The molecule has 4 unspecified atom stereocenters. The van der Waals surface area contributed by atoms with Crippen LogP contribution in [0.15, 0.2) is 42.5 Å². The summed E-state index contributed by atoms with van der Waals surface area (Å²) in [5.74, 6) is 0.0788. The number of amides is 1. The van der Waals surface area contributed by atoms with Gasteiger partial charge in [0.2, 0.25) is 0 Å². The van der Waals surface area contributed by atoms with Crippen molar-refractivity contribution < 1.29 is 18.7 Å². The Hall–Kier alpha value is -2.82. The van der Waals surface area contributed by atoms with Gasteiger partial charge in [-0.3, -0.25) is 4.90 Å². The number of rotatable bonds is 5. The van der Waals surface area contributed by atoms with Crippen LogP contribution in [0.25, 0.3) is 0 Å². The SMILES string of the molecule is CC(C)(C)N(C(=O)OC1CC(c2cccc(F)c2)CC1Oc1ccc(C#N)cc1Cl)C1CCCNC1. The molecular formula is C28H33ClFN3O3. The molecule has 192 valence electrons. The van der Waals surface area contributed by atoms with Crippen molar-refractivity contribution >= 4 is 17.7 Å². The van der Waals surface area contributed by atoms with E-state index in [1.165, 1.54) is 12.1 Å². The Bertz CT molecular complexity index is 1120. The molecule has 1 amide bonds. The number of carbonyl (C=O) groups is 1. The number of hydrogen-bond acceptors (Lipinski definition) is 5. The van der Waals surface area contributed by atoms with E-state index in [9.17, 15) is 9.18 Å². The number of halogens is 2. The Morgan fingerprint density at radius 1 is 1.19 bits per heavy atom. The Morgan fingerprint density at radius 2 is 1.97 bits per heavy atom. The number of benzene rings is 2. The first kappa shape index (κ1) is 26.2. The highest BCUT2D eigenvalue weighted by molar-refractivity contribution is 6.32. The molecule has 0 spiro atoms. The standard InChI is InChI=1S/C28H33ClFN3O3/c1-28(2,3)33(22-8-5-11-32-17-22)27(34)36-26-15-20(19-6-4-7-21(30)13-19)14-25(26)35-24-10-9-18(16-31)12-23(24)29/h4,6-7,9-10,12-13,20,22,25-26,32H,5,8,11,14-15,17H2,1-3H3. The van der Waals surface area contributed by atoms with Crippen LogP contribution in [0.1, 0.15) is 63.5 Å². The molecule has 8 heteroatoms. The molecule has 2 aromatic rings. The Kier molecular flexibility index (Phi) is 8.07. The average molecular weight is 514 g/mol. The fraction of sp³-hybridized carbons (Fsp3) is 0.500. The van der Waals surface area contributed by atoms with E-state index in [1.54, 1.807) is 24.3 Å². The molecule has 0 bridgehead atoms. The van der Waals surface area contributed by atoms with Crippen LogP contribution in [-0.2, 0) is 4.74 Å². The Morgan fingerprint density at radius 3 is 2.61 bits per heavy atom. The van der Waals surface area contributed by atoms with Crippen LogP contribution in [0.3, 0.4) is 0 Å². The molecule has 1 aliphatic heterocycles. The first-order valence-electron chi connectivity index (χ1n) is 12.5. The maximum atomic E-state index is 14.0. The van der Waals surface area contributed by atoms with E-state index in [2.05, 4.69) is 11.4 Å². The van der Waals surface area contributed by atoms with E-state index in [4.69, 9.17) is 26.3 Å². The summed E-state index contributed by atoms with van der Waals surface area (Å²) >= 11 is 6.38. The minimum atomic E-state index is -0.543. The van der Waals surface area contributed by atoms with Crippen LogP contribution in [0.5, 0.6) is 5.75 Å². The first-order chi connectivity index (χ1) is 17.2. The van der Waals surface area contributed by atoms with Crippen molar-refractivity contribution in [1.82, 2.24) is 10.2 Å². The van der Waals surface area contributed by atoms with E-state index < -0.39 is 17.7 Å². The van der Waals surface area contributed by atoms with Gasteiger partial charge in [-0.2, -0.15) is 5.26 Å². The van der Waals surface area contributed by atoms with Gasteiger partial charge in [0.1, 0.15) is 23.8 Å². The number of carbonyl (C=O) groups excluding carboxylic acids is 1. The molecule has 1 heterocycles. The quantitative estimate of drug-likeness (QED) is 0.528. The molecule has 1 aliphatic carbocycles. The van der Waals surface area contributed by atoms with Crippen LogP contribution in [0.4, 0.5) is 9.18 Å². The zero-order valence-corrected chi connectivity index (χ0v) is 21.7. The fourth-order valence-corrected chi connectivity index (χ4v) is 5.51. The predicted molar refractivity (Wildman–Crippen MR) is 137 cm³/mol. The average Bonchev–Trinajstić information content (AvgIpc) is 3.22. The third kappa shape index (κ3) is 6.11. The highest BCUT2D eigenvalue weighted by Gasteiger charge is 2.43. The number of nitriles is 1. The van der Waals surface area contributed by atoms with Crippen molar-refractivity contribution in [2.75, 3.05) is 13.1 Å². The highest BCUT2D eigenvalue weighted by Crippen LogP contribution is 2.40. The molecule has 1 saturated heterocycles. The van der Waals surface area contributed by atoms with Gasteiger partial charge in [0.15, 0.2) is 0 Å². The van der Waals surface area contributed by atoms with Gasteiger partial charge in [0.05, 0.1) is 16.7 Å². The summed E-state index contributed by atoms with van der Waals surface area (Å²) in [5.41, 5.74) is 0.854. The van der Waals surface area contributed by atoms with Crippen molar-refractivity contribution in [3.63, 3.8) is 0 Å². The predicted octanol–water partition coefficient (Wildman–Crippen LogP) is 6.03. The first-order valence-corrected chi connectivity index (χ1v) is 12.9. The highest BCUT2D eigenvalue weighted by atomic mass is 35.5. The monoisotopic (exact) mass is 513 g/mol. The largest absolute Gasteiger partial charge is 0.485 e. The van der Waals surface area contributed by atoms with Gasteiger partial charge < -0.3 is 14.8 Å². The maximum absolute atomic E-state index is 14.0. The van der Waals surface area contributed by atoms with Crippen LogP contribution < -0.4 is 10.1 Å². The summed E-state index contributed by atoms with van der Waals surface area (Å²) in [6.45, 7) is 7.71. The lowest BCUT2D eigenvalue weighted by Gasteiger charge is -2.43. The molecule has 0 radical (unpaired) electrons. The van der Waals surface area contributed by atoms with Gasteiger partial charge in [0, 0.05) is 18.1 Å². The molecule has 4 rings (SSSR count). The van der Waals surface area contributed by atoms with Crippen LogP contribution >= 0.6 is 11.6 Å². The van der Waals surface area contributed by atoms with E-state index in [1.807, 2.05) is 31.7 Å². The van der Waals surface area contributed by atoms with E-state index >= 15 is 0 Å². The van der Waals surface area contributed by atoms with Gasteiger partial charge in [-0.25, -0.2) is 9.18 Å². The summed E-state index contributed by atoms with van der Waals surface area (Å²) in [4.78, 5) is 15.4. The zero-order chi connectivity index (χ0) is 25.9. The number of hydrogen-bond donors (Lipinski definition) is 1. The van der Waals surface area contributed by atoms with Crippen molar-refractivity contribution in [3.8, 4) is 11.8 Å². The van der Waals surface area contributed by atoms with Crippen LogP contribution in [0, 0.1) is 17.1 Å². The second-order valence-corrected chi connectivity index (χ2v) is 11.0. The third-order valence-corrected chi connectivity index (χ3v) is 7.21. The molecule has 2 aliphatic rings. The second kappa shape index (κ2) is 11.1. The third-order valence-electron chi connectivity index (χ3n) is 6.92. The molecule has 2 aromatic carbocycles. The fourth-order valence-electron chi connectivity index (χ4n) is 5.28. The zero-order valence-electron chi connectivity index (χ0n) is 21.0. The van der Waals surface area contributed by atoms with Crippen molar-refractivity contribution in [2.24, 2.45) is 0 Å². The Labute approximate surface area is 217 Å².